The first-order valence-electron chi connectivity index (χ1n) is 13.7. The van der Waals surface area contributed by atoms with E-state index in [1.165, 1.54) is 7.11 Å². The molecule has 0 saturated carbocycles. The number of allylic oxidation sites excluding steroid dienone is 1. The molecule has 2 aliphatic heterocycles. The number of nitrogens with zero attached hydrogens (tertiary/aromatic N) is 1. The first-order valence-corrected chi connectivity index (χ1v) is 13.7. The monoisotopic (exact) mass is 544 g/mol. The van der Waals surface area contributed by atoms with E-state index in [0.717, 1.165) is 25.7 Å². The highest BCUT2D eigenvalue weighted by Gasteiger charge is 2.51. The quantitative estimate of drug-likeness (QED) is 0.217. The van der Waals surface area contributed by atoms with Gasteiger partial charge in [0.1, 0.15) is 12.2 Å². The Hall–Kier alpha value is -2.92. The summed E-state index contributed by atoms with van der Waals surface area (Å²) in [6.45, 7) is 4.24. The number of methoxy groups -OCH3 is 1. The van der Waals surface area contributed by atoms with Crippen LogP contribution in [0, 0.1) is 0 Å². The molecular formula is C29H40N2O8. The van der Waals surface area contributed by atoms with E-state index in [1.807, 2.05) is 6.08 Å². The average Bonchev–Trinajstić information content (AvgIpc) is 3.61. The maximum atomic E-state index is 13.6. The van der Waals surface area contributed by atoms with E-state index in [-0.39, 0.29) is 31.8 Å². The van der Waals surface area contributed by atoms with Crippen LogP contribution in [-0.2, 0) is 20.9 Å². The number of aliphatic hydroxyl groups excluding tert-OH is 3. The van der Waals surface area contributed by atoms with Gasteiger partial charge in [0.25, 0.3) is 0 Å². The lowest BCUT2D eigenvalue weighted by atomic mass is 9.77. The van der Waals surface area contributed by atoms with Gasteiger partial charge in [0.2, 0.25) is 11.8 Å². The predicted octanol–water partition coefficient (Wildman–Crippen LogP) is 1.56. The molecule has 2 amide bonds. The van der Waals surface area contributed by atoms with Crippen molar-refractivity contribution in [3.8, 4) is 11.5 Å². The van der Waals surface area contributed by atoms with Gasteiger partial charge in [-0.05, 0) is 55.9 Å². The lowest BCUT2D eigenvalue weighted by molar-refractivity contribution is -0.139. The van der Waals surface area contributed by atoms with E-state index in [9.17, 15) is 24.9 Å². The third-order valence-corrected chi connectivity index (χ3v) is 7.65. The second-order valence-corrected chi connectivity index (χ2v) is 10.2. The van der Waals surface area contributed by atoms with Crippen LogP contribution in [0.3, 0.4) is 0 Å². The molecule has 0 unspecified atom stereocenters. The Bertz CT molecular complexity index is 1070. The van der Waals surface area contributed by atoms with E-state index in [4.69, 9.17) is 14.2 Å². The van der Waals surface area contributed by atoms with E-state index in [2.05, 4.69) is 11.9 Å². The minimum atomic E-state index is -1.14. The zero-order valence-corrected chi connectivity index (χ0v) is 22.5. The van der Waals surface area contributed by atoms with Gasteiger partial charge in [-0.1, -0.05) is 6.08 Å². The fourth-order valence-electron chi connectivity index (χ4n) is 5.73. The lowest BCUT2D eigenvalue weighted by Gasteiger charge is -2.41. The zero-order chi connectivity index (χ0) is 27.9. The van der Waals surface area contributed by atoms with Gasteiger partial charge in [0.15, 0.2) is 11.5 Å². The fourth-order valence-corrected chi connectivity index (χ4v) is 5.73. The number of rotatable bonds is 13. The summed E-state index contributed by atoms with van der Waals surface area (Å²) in [6, 6.07) is 2.58. The molecule has 0 bridgehead atoms. The van der Waals surface area contributed by atoms with Gasteiger partial charge < -0.3 is 39.7 Å². The number of carbonyl (C=O) groups is 2. The number of carbonyl (C=O) groups excluding carboxylic acids is 2. The molecule has 214 valence electrons. The van der Waals surface area contributed by atoms with Crippen molar-refractivity contribution in [3.63, 3.8) is 0 Å². The number of hydrogen-bond donors (Lipinski definition) is 4. The van der Waals surface area contributed by atoms with Gasteiger partial charge in [0, 0.05) is 37.3 Å². The van der Waals surface area contributed by atoms with Gasteiger partial charge in [-0.2, -0.15) is 0 Å². The van der Waals surface area contributed by atoms with Crippen LogP contribution < -0.4 is 14.8 Å². The van der Waals surface area contributed by atoms with E-state index in [1.54, 1.807) is 23.1 Å². The number of ether oxygens (including phenoxy) is 3. The lowest BCUT2D eigenvalue weighted by Crippen LogP contribution is -2.57. The highest BCUT2D eigenvalue weighted by atomic mass is 16.5. The Morgan fingerprint density at radius 2 is 2.10 bits per heavy atom. The standard InChI is InChI=1S/C29H40N2O8/c1-3-4-5-6-9-24(34)31(16-19-8-7-12-38-19)22-15-21(29(36)30-10-11-32)25-20-13-18(17-33)14-23(37-2)27(20)39-28(25)26(22)35/h3,13-15,19,22,25-26,28,32-33,35H,1,4-12,16-17H2,2H3,(H,30,36)/t19-,22-,25+,26+,28+/m1/s1. The summed E-state index contributed by atoms with van der Waals surface area (Å²) in [6.07, 6.45) is 5.66. The minimum absolute atomic E-state index is 0.0519. The maximum Gasteiger partial charge on any atom is 0.247 e. The Labute approximate surface area is 229 Å². The van der Waals surface area contributed by atoms with Gasteiger partial charge in [-0.25, -0.2) is 0 Å². The molecule has 10 nitrogen and oxygen atoms in total. The number of amides is 2. The summed E-state index contributed by atoms with van der Waals surface area (Å²) in [7, 11) is 1.49. The maximum absolute atomic E-state index is 13.6. The van der Waals surface area contributed by atoms with Crippen molar-refractivity contribution in [1.29, 1.82) is 0 Å². The third kappa shape index (κ3) is 6.30. The summed E-state index contributed by atoms with van der Waals surface area (Å²) >= 11 is 0. The van der Waals surface area contributed by atoms with Crippen LogP contribution in [0.25, 0.3) is 0 Å². The molecule has 3 aliphatic rings. The molecule has 4 N–H and O–H groups in total. The SMILES string of the molecule is C=CCCCCC(=O)N(C[C@H]1CCCO1)[C@@H]1C=C(C(=O)NCCO)[C@@H]2c3cc(CO)cc(OC)c3O[C@@H]2[C@H]1O. The van der Waals surface area contributed by atoms with E-state index in [0.29, 0.717) is 54.2 Å². The molecule has 2 heterocycles. The Morgan fingerprint density at radius 3 is 2.77 bits per heavy atom. The van der Waals surface area contributed by atoms with Crippen LogP contribution in [0.2, 0.25) is 0 Å². The second kappa shape index (κ2) is 13.4. The van der Waals surface area contributed by atoms with Crippen molar-refractivity contribution >= 4 is 11.8 Å². The Kier molecular flexibility index (Phi) is 10.0. The van der Waals surface area contributed by atoms with E-state index >= 15 is 0 Å². The molecule has 10 heteroatoms. The normalized spacial score (nSPS) is 25.2. The van der Waals surface area contributed by atoms with E-state index < -0.39 is 30.1 Å². The molecule has 1 aromatic carbocycles. The van der Waals surface area contributed by atoms with Crippen LogP contribution in [0.5, 0.6) is 11.5 Å². The number of hydrogen-bond acceptors (Lipinski definition) is 8. The summed E-state index contributed by atoms with van der Waals surface area (Å²) in [5, 5.41) is 33.5. The highest BCUT2D eigenvalue weighted by Crippen LogP contribution is 2.51. The molecule has 1 aromatic rings. The average molecular weight is 545 g/mol. The van der Waals surface area contributed by atoms with Crippen LogP contribution in [0.15, 0.2) is 36.4 Å². The van der Waals surface area contributed by atoms with Gasteiger partial charge in [-0.3, -0.25) is 9.59 Å². The van der Waals surface area contributed by atoms with Crippen molar-refractivity contribution in [1.82, 2.24) is 10.2 Å². The number of aliphatic hydroxyl groups is 3. The third-order valence-electron chi connectivity index (χ3n) is 7.65. The fraction of sp³-hybridized carbons (Fsp3) is 0.586. The number of fused-ring (bicyclic) bond motifs is 3. The summed E-state index contributed by atoms with van der Waals surface area (Å²) in [5.41, 5.74) is 1.53. The number of nitrogens with one attached hydrogen (secondary N) is 1. The number of benzene rings is 1. The molecule has 39 heavy (non-hydrogen) atoms. The van der Waals surface area contributed by atoms with Gasteiger partial charge >= 0.3 is 0 Å². The van der Waals surface area contributed by atoms with Gasteiger partial charge in [0.05, 0.1) is 38.4 Å². The molecule has 0 spiro atoms. The summed E-state index contributed by atoms with van der Waals surface area (Å²) in [4.78, 5) is 28.6. The second-order valence-electron chi connectivity index (χ2n) is 10.2. The molecule has 1 fully saturated rings. The topological polar surface area (TPSA) is 138 Å². The van der Waals surface area contributed by atoms with Crippen molar-refractivity contribution < 1.29 is 39.1 Å². The molecule has 0 radical (unpaired) electrons. The molecule has 0 aromatic heterocycles. The molecule has 4 rings (SSSR count). The first kappa shape index (κ1) is 29.1. The molecular weight excluding hydrogens is 504 g/mol. The van der Waals surface area contributed by atoms with Crippen molar-refractivity contribution in [3.05, 3.63) is 47.6 Å². The smallest absolute Gasteiger partial charge is 0.247 e. The molecule has 5 atom stereocenters. The number of unbranched alkanes of at least 4 members (excludes halogenated alkanes) is 2. The van der Waals surface area contributed by atoms with Crippen LogP contribution in [-0.4, -0.2) is 89.8 Å². The van der Waals surface area contributed by atoms with Crippen LogP contribution >= 0.6 is 0 Å². The first-order chi connectivity index (χ1) is 18.9. The van der Waals surface area contributed by atoms with Crippen molar-refractivity contribution in [2.75, 3.05) is 33.4 Å². The molecule has 1 saturated heterocycles. The minimum Gasteiger partial charge on any atom is -0.493 e. The predicted molar refractivity (Wildman–Crippen MR) is 143 cm³/mol. The van der Waals surface area contributed by atoms with Crippen molar-refractivity contribution in [2.45, 2.75) is 75.4 Å². The summed E-state index contributed by atoms with van der Waals surface area (Å²) in [5.74, 6) is -0.418. The van der Waals surface area contributed by atoms with Crippen molar-refractivity contribution in [2.24, 2.45) is 0 Å². The van der Waals surface area contributed by atoms with Crippen LogP contribution in [0.4, 0.5) is 0 Å². The Balaban J connectivity index is 1.73. The largest absolute Gasteiger partial charge is 0.493 e. The van der Waals surface area contributed by atoms with Crippen LogP contribution in [0.1, 0.15) is 55.6 Å². The summed E-state index contributed by atoms with van der Waals surface area (Å²) < 4.78 is 17.6. The Morgan fingerprint density at radius 1 is 1.28 bits per heavy atom. The highest BCUT2D eigenvalue weighted by molar-refractivity contribution is 5.96. The molecule has 1 aliphatic carbocycles. The zero-order valence-electron chi connectivity index (χ0n) is 22.5. The van der Waals surface area contributed by atoms with Gasteiger partial charge in [-0.15, -0.1) is 6.58 Å².